The van der Waals surface area contributed by atoms with Crippen LogP contribution in [0, 0.1) is 6.92 Å². The zero-order chi connectivity index (χ0) is 14.5. The van der Waals surface area contributed by atoms with Crippen LogP contribution in [0.1, 0.15) is 32.0 Å². The van der Waals surface area contributed by atoms with Crippen LogP contribution in [-0.2, 0) is 4.79 Å². The molecule has 20 heavy (non-hydrogen) atoms. The third-order valence-electron chi connectivity index (χ3n) is 3.24. The van der Waals surface area contributed by atoms with Gasteiger partial charge in [-0.1, -0.05) is 13.3 Å². The summed E-state index contributed by atoms with van der Waals surface area (Å²) >= 11 is 0. The highest BCUT2D eigenvalue weighted by molar-refractivity contribution is 5.85. The molecule has 0 spiro atoms. The third kappa shape index (κ3) is 3.04. The first-order valence-electron chi connectivity index (χ1n) is 6.86. The average Bonchev–Trinajstić information content (AvgIpc) is 2.87. The lowest BCUT2D eigenvalue weighted by Crippen LogP contribution is -2.36. The lowest BCUT2D eigenvalue weighted by atomic mass is 10.2. The summed E-state index contributed by atoms with van der Waals surface area (Å²) in [6, 6.07) is 3.83. The van der Waals surface area contributed by atoms with Crippen LogP contribution in [0.5, 0.6) is 0 Å². The summed E-state index contributed by atoms with van der Waals surface area (Å²) in [5.74, 6) is 0.890. The molecule has 0 aliphatic heterocycles. The van der Waals surface area contributed by atoms with Gasteiger partial charge in [-0.2, -0.15) is 0 Å². The highest BCUT2D eigenvalue weighted by atomic mass is 16.2. The van der Waals surface area contributed by atoms with E-state index in [0.29, 0.717) is 6.42 Å². The van der Waals surface area contributed by atoms with E-state index in [4.69, 9.17) is 0 Å². The molecule has 0 saturated carbocycles. The van der Waals surface area contributed by atoms with Gasteiger partial charge >= 0.3 is 0 Å². The summed E-state index contributed by atoms with van der Waals surface area (Å²) < 4.78 is 1.79. The minimum atomic E-state index is 0.102. The molecule has 1 amide bonds. The molecule has 5 heteroatoms. The highest BCUT2D eigenvalue weighted by Gasteiger charge is 2.14. The number of hydrogen-bond acceptors (Lipinski definition) is 3. The van der Waals surface area contributed by atoms with Crippen LogP contribution < -0.4 is 5.01 Å². The molecule has 106 valence electrons. The fourth-order valence-electron chi connectivity index (χ4n) is 2.03. The molecule has 5 nitrogen and oxygen atoms in total. The number of carbonyl (C=O) groups excluding carboxylic acids is 1. The van der Waals surface area contributed by atoms with Gasteiger partial charge in [-0.25, -0.2) is 9.66 Å². The fraction of sp³-hybridized carbons (Fsp3) is 0.400. The van der Waals surface area contributed by atoms with E-state index >= 15 is 0 Å². The van der Waals surface area contributed by atoms with Crippen molar-refractivity contribution in [3.8, 4) is 11.3 Å². The van der Waals surface area contributed by atoms with E-state index in [0.717, 1.165) is 29.9 Å². The number of aromatic nitrogens is 3. The SMILES string of the molecule is CCCCC(=O)N(C)n1cc(-c2cccnc2)nc1C. The Morgan fingerprint density at radius 2 is 2.25 bits per heavy atom. The lowest BCUT2D eigenvalue weighted by molar-refractivity contribution is -0.119. The normalized spacial score (nSPS) is 10.6. The average molecular weight is 272 g/mol. The van der Waals surface area contributed by atoms with E-state index in [1.807, 2.05) is 25.3 Å². The Kier molecular flexibility index (Phi) is 4.50. The molecule has 0 bridgehead atoms. The second kappa shape index (κ2) is 6.32. The van der Waals surface area contributed by atoms with Crippen molar-refractivity contribution < 1.29 is 4.79 Å². The van der Waals surface area contributed by atoms with Crippen molar-refractivity contribution in [1.29, 1.82) is 0 Å². The molecular weight excluding hydrogens is 252 g/mol. The minimum Gasteiger partial charge on any atom is -0.273 e. The lowest BCUT2D eigenvalue weighted by Gasteiger charge is -2.19. The van der Waals surface area contributed by atoms with Crippen molar-refractivity contribution in [2.24, 2.45) is 0 Å². The Hall–Kier alpha value is -2.17. The first-order chi connectivity index (χ1) is 9.63. The predicted octanol–water partition coefficient (Wildman–Crippen LogP) is 2.54. The molecular formula is C15H20N4O. The van der Waals surface area contributed by atoms with E-state index < -0.39 is 0 Å². The molecule has 0 N–H and O–H groups in total. The Morgan fingerprint density at radius 3 is 2.90 bits per heavy atom. The van der Waals surface area contributed by atoms with Crippen molar-refractivity contribution in [1.82, 2.24) is 14.6 Å². The largest absolute Gasteiger partial charge is 0.273 e. The second-order valence-corrected chi connectivity index (χ2v) is 4.78. The van der Waals surface area contributed by atoms with Gasteiger partial charge in [-0.05, 0) is 25.5 Å². The number of hydrogen-bond donors (Lipinski definition) is 0. The van der Waals surface area contributed by atoms with Crippen molar-refractivity contribution >= 4 is 5.91 Å². The molecule has 0 unspecified atom stereocenters. The maximum Gasteiger partial charge on any atom is 0.241 e. The van der Waals surface area contributed by atoms with Gasteiger partial charge < -0.3 is 0 Å². The maximum absolute atomic E-state index is 12.1. The van der Waals surface area contributed by atoms with E-state index in [2.05, 4.69) is 16.9 Å². The molecule has 0 aromatic carbocycles. The zero-order valence-electron chi connectivity index (χ0n) is 12.2. The van der Waals surface area contributed by atoms with Crippen LogP contribution >= 0.6 is 0 Å². The minimum absolute atomic E-state index is 0.102. The number of carbonyl (C=O) groups is 1. The number of imidazole rings is 1. The Morgan fingerprint density at radius 1 is 1.45 bits per heavy atom. The topological polar surface area (TPSA) is 51.0 Å². The van der Waals surface area contributed by atoms with Crippen molar-refractivity contribution in [2.45, 2.75) is 33.1 Å². The first-order valence-corrected chi connectivity index (χ1v) is 6.86. The van der Waals surface area contributed by atoms with Crippen LogP contribution in [0.3, 0.4) is 0 Å². The molecule has 0 saturated heterocycles. The standard InChI is InChI=1S/C15H20N4O/c1-4-5-8-15(20)18(3)19-11-14(17-12(19)2)13-7-6-9-16-10-13/h6-7,9-11H,4-5,8H2,1-3H3. The van der Waals surface area contributed by atoms with Crippen molar-refractivity contribution in [2.75, 3.05) is 12.1 Å². The van der Waals surface area contributed by atoms with Crippen LogP contribution in [0.25, 0.3) is 11.3 Å². The summed E-state index contributed by atoms with van der Waals surface area (Å²) in [6.45, 7) is 3.97. The molecule has 2 rings (SSSR count). The molecule has 2 aromatic rings. The summed E-state index contributed by atoms with van der Waals surface area (Å²) in [6.07, 6.45) is 7.86. The summed E-state index contributed by atoms with van der Waals surface area (Å²) in [5.41, 5.74) is 1.77. The van der Waals surface area contributed by atoms with E-state index in [1.54, 1.807) is 29.1 Å². The molecule has 0 aliphatic rings. The molecule has 0 radical (unpaired) electrons. The first kappa shape index (κ1) is 14.2. The molecule has 2 aromatic heterocycles. The molecule has 0 atom stereocenters. The zero-order valence-corrected chi connectivity index (χ0v) is 12.2. The number of rotatable bonds is 5. The van der Waals surface area contributed by atoms with Crippen LogP contribution in [0.4, 0.5) is 0 Å². The highest BCUT2D eigenvalue weighted by Crippen LogP contribution is 2.17. The predicted molar refractivity (Wildman–Crippen MR) is 78.9 cm³/mol. The van der Waals surface area contributed by atoms with E-state index in [9.17, 15) is 4.79 Å². The number of amides is 1. The van der Waals surface area contributed by atoms with Crippen molar-refractivity contribution in [3.63, 3.8) is 0 Å². The Labute approximate surface area is 119 Å². The van der Waals surface area contributed by atoms with Gasteiger partial charge in [0.05, 0.1) is 11.9 Å². The smallest absolute Gasteiger partial charge is 0.241 e. The van der Waals surface area contributed by atoms with Gasteiger partial charge in [0, 0.05) is 31.4 Å². The summed E-state index contributed by atoms with van der Waals surface area (Å²) in [4.78, 5) is 20.6. The van der Waals surface area contributed by atoms with Gasteiger partial charge in [-0.15, -0.1) is 0 Å². The van der Waals surface area contributed by atoms with Gasteiger partial charge in [0.2, 0.25) is 5.91 Å². The van der Waals surface area contributed by atoms with Crippen LogP contribution in [0.15, 0.2) is 30.7 Å². The second-order valence-electron chi connectivity index (χ2n) is 4.78. The number of nitrogens with zero attached hydrogens (tertiary/aromatic N) is 4. The van der Waals surface area contributed by atoms with Crippen LogP contribution in [0.2, 0.25) is 0 Å². The summed E-state index contributed by atoms with van der Waals surface area (Å²) in [7, 11) is 1.78. The summed E-state index contributed by atoms with van der Waals surface area (Å²) in [5, 5.41) is 1.62. The van der Waals surface area contributed by atoms with Gasteiger partial charge in [0.25, 0.3) is 0 Å². The third-order valence-corrected chi connectivity index (χ3v) is 3.24. The molecule has 2 heterocycles. The van der Waals surface area contributed by atoms with Gasteiger partial charge in [0.15, 0.2) is 0 Å². The Bertz CT molecular complexity index is 577. The maximum atomic E-state index is 12.1. The molecule has 0 aliphatic carbocycles. The van der Waals surface area contributed by atoms with Gasteiger partial charge in [0.1, 0.15) is 5.82 Å². The molecule has 0 fully saturated rings. The Balaban J connectivity index is 2.21. The van der Waals surface area contributed by atoms with Gasteiger partial charge in [-0.3, -0.25) is 14.8 Å². The van der Waals surface area contributed by atoms with E-state index in [-0.39, 0.29) is 5.91 Å². The van der Waals surface area contributed by atoms with Crippen LogP contribution in [-0.4, -0.2) is 27.6 Å². The quantitative estimate of drug-likeness (QED) is 0.840. The fourth-order valence-corrected chi connectivity index (χ4v) is 2.03. The number of aryl methyl sites for hydroxylation is 1. The monoisotopic (exact) mass is 272 g/mol. The van der Waals surface area contributed by atoms with Crippen molar-refractivity contribution in [3.05, 3.63) is 36.5 Å². The van der Waals surface area contributed by atoms with E-state index in [1.165, 1.54) is 0 Å². The number of unbranched alkanes of at least 4 members (excludes halogenated alkanes) is 1. The number of pyridine rings is 1.